The molecule has 0 aliphatic heterocycles. The lowest BCUT2D eigenvalue weighted by molar-refractivity contribution is 0.0947. The number of carbonyl (C=O) groups is 1. The minimum atomic E-state index is -3.69. The second kappa shape index (κ2) is 10.4. The average Bonchev–Trinajstić information content (AvgIpc) is 2.72. The van der Waals surface area contributed by atoms with Crippen LogP contribution < -0.4 is 14.8 Å². The summed E-state index contributed by atoms with van der Waals surface area (Å²) in [5, 5.41) is 2.78. The highest BCUT2D eigenvalue weighted by molar-refractivity contribution is 7.89. The third-order valence-corrected chi connectivity index (χ3v) is 6.41. The molecule has 1 amide bonds. The Kier molecular flexibility index (Phi) is 8.19. The molecule has 0 fully saturated rings. The van der Waals surface area contributed by atoms with Crippen LogP contribution in [0, 0.1) is 0 Å². The Bertz CT molecular complexity index is 955. The van der Waals surface area contributed by atoms with Gasteiger partial charge >= 0.3 is 0 Å². The molecule has 30 heavy (non-hydrogen) atoms. The van der Waals surface area contributed by atoms with Crippen LogP contribution in [0.3, 0.4) is 0 Å². The van der Waals surface area contributed by atoms with Gasteiger partial charge < -0.3 is 14.8 Å². The van der Waals surface area contributed by atoms with Crippen molar-refractivity contribution in [3.05, 3.63) is 47.7 Å². The molecule has 1 aromatic carbocycles. The molecule has 1 aromatic heterocycles. The predicted molar refractivity (Wildman–Crippen MR) is 114 cm³/mol. The maximum Gasteiger partial charge on any atom is 0.255 e. The molecule has 0 bridgehead atoms. The second-order valence-corrected chi connectivity index (χ2v) is 8.74. The van der Waals surface area contributed by atoms with Crippen LogP contribution in [0.1, 0.15) is 43.6 Å². The van der Waals surface area contributed by atoms with E-state index in [0.29, 0.717) is 24.7 Å². The molecule has 0 spiro atoms. The average molecular weight is 436 g/mol. The smallest absolute Gasteiger partial charge is 0.255 e. The number of methoxy groups -OCH3 is 1. The molecular weight excluding hydrogens is 406 g/mol. The summed E-state index contributed by atoms with van der Waals surface area (Å²) in [6, 6.07) is 7.83. The van der Waals surface area contributed by atoms with Gasteiger partial charge in [0.25, 0.3) is 5.91 Å². The van der Waals surface area contributed by atoms with Gasteiger partial charge in [0.15, 0.2) is 0 Å². The van der Waals surface area contributed by atoms with Crippen molar-refractivity contribution >= 4 is 15.9 Å². The Hall–Kier alpha value is -2.65. The van der Waals surface area contributed by atoms with Gasteiger partial charge in [-0.2, -0.15) is 4.31 Å². The summed E-state index contributed by atoms with van der Waals surface area (Å²) >= 11 is 0. The SMILES string of the molecule is CCN(CC)S(=O)(=O)c1ccc(OC)c(C(=O)NCc2ccc(OC(C)C)nc2)c1. The number of rotatable bonds is 10. The van der Waals surface area contributed by atoms with E-state index < -0.39 is 15.9 Å². The van der Waals surface area contributed by atoms with E-state index in [-0.39, 0.29) is 23.1 Å². The summed E-state index contributed by atoms with van der Waals surface area (Å²) in [4.78, 5) is 17.0. The fourth-order valence-electron chi connectivity index (χ4n) is 2.84. The van der Waals surface area contributed by atoms with Crippen LogP contribution in [-0.2, 0) is 16.6 Å². The molecule has 0 saturated heterocycles. The van der Waals surface area contributed by atoms with E-state index in [1.807, 2.05) is 19.9 Å². The summed E-state index contributed by atoms with van der Waals surface area (Å²) in [5.41, 5.74) is 0.934. The molecule has 8 nitrogen and oxygen atoms in total. The number of aromatic nitrogens is 1. The van der Waals surface area contributed by atoms with Crippen LogP contribution in [0.15, 0.2) is 41.4 Å². The lowest BCUT2D eigenvalue weighted by Crippen LogP contribution is -2.31. The van der Waals surface area contributed by atoms with Crippen molar-refractivity contribution in [2.24, 2.45) is 0 Å². The van der Waals surface area contributed by atoms with Gasteiger partial charge in [0.05, 0.1) is 23.7 Å². The van der Waals surface area contributed by atoms with Gasteiger partial charge in [0.2, 0.25) is 15.9 Å². The van der Waals surface area contributed by atoms with Gasteiger partial charge in [-0.1, -0.05) is 19.9 Å². The number of sulfonamides is 1. The predicted octanol–water partition coefficient (Wildman–Crippen LogP) is 2.84. The first-order valence-corrected chi connectivity index (χ1v) is 11.2. The van der Waals surface area contributed by atoms with Crippen LogP contribution in [0.2, 0.25) is 0 Å². The van der Waals surface area contributed by atoms with Crippen LogP contribution in [0.25, 0.3) is 0 Å². The molecule has 1 N–H and O–H groups in total. The number of hydrogen-bond donors (Lipinski definition) is 1. The Morgan fingerprint density at radius 1 is 1.17 bits per heavy atom. The van der Waals surface area contributed by atoms with Gasteiger partial charge in [-0.3, -0.25) is 4.79 Å². The summed E-state index contributed by atoms with van der Waals surface area (Å²) in [5.74, 6) is 0.367. The van der Waals surface area contributed by atoms with E-state index >= 15 is 0 Å². The third-order valence-electron chi connectivity index (χ3n) is 4.37. The van der Waals surface area contributed by atoms with Crippen molar-refractivity contribution in [2.45, 2.75) is 45.2 Å². The highest BCUT2D eigenvalue weighted by atomic mass is 32.2. The molecule has 164 valence electrons. The Morgan fingerprint density at radius 3 is 2.40 bits per heavy atom. The van der Waals surface area contributed by atoms with Gasteiger partial charge in [-0.05, 0) is 37.6 Å². The van der Waals surface area contributed by atoms with E-state index in [4.69, 9.17) is 9.47 Å². The standard InChI is InChI=1S/C21H29N3O5S/c1-6-24(7-2)30(26,27)17-9-10-19(28-5)18(12-17)21(25)23-14-16-8-11-20(22-13-16)29-15(3)4/h8-13,15H,6-7,14H2,1-5H3,(H,23,25). The second-order valence-electron chi connectivity index (χ2n) is 6.81. The molecule has 0 unspecified atom stereocenters. The lowest BCUT2D eigenvalue weighted by Gasteiger charge is -2.19. The first-order valence-electron chi connectivity index (χ1n) is 9.80. The first-order chi connectivity index (χ1) is 14.2. The minimum absolute atomic E-state index is 0.0235. The van der Waals surface area contributed by atoms with Crippen LogP contribution in [0.5, 0.6) is 11.6 Å². The number of nitrogens with zero attached hydrogens (tertiary/aromatic N) is 2. The van der Waals surface area contributed by atoms with Crippen molar-refractivity contribution in [1.29, 1.82) is 0 Å². The number of nitrogens with one attached hydrogen (secondary N) is 1. The van der Waals surface area contributed by atoms with Gasteiger partial charge in [-0.15, -0.1) is 0 Å². The molecule has 2 aromatic rings. The van der Waals surface area contributed by atoms with E-state index in [1.54, 1.807) is 26.1 Å². The van der Waals surface area contributed by atoms with Crippen molar-refractivity contribution < 1.29 is 22.7 Å². The molecule has 1 heterocycles. The number of carbonyl (C=O) groups excluding carboxylic acids is 1. The van der Waals surface area contributed by atoms with Crippen molar-refractivity contribution in [1.82, 2.24) is 14.6 Å². The highest BCUT2D eigenvalue weighted by Gasteiger charge is 2.24. The Balaban J connectivity index is 2.20. The summed E-state index contributed by atoms with van der Waals surface area (Å²) in [6.45, 7) is 8.28. The molecular formula is C21H29N3O5S. The molecule has 9 heteroatoms. The van der Waals surface area contributed by atoms with Crippen molar-refractivity contribution in [2.75, 3.05) is 20.2 Å². The van der Waals surface area contributed by atoms with E-state index in [1.165, 1.54) is 29.6 Å². The topological polar surface area (TPSA) is 97.8 Å². The maximum atomic E-state index is 12.8. The van der Waals surface area contributed by atoms with Crippen LogP contribution >= 0.6 is 0 Å². The zero-order chi connectivity index (χ0) is 22.3. The van der Waals surface area contributed by atoms with Crippen molar-refractivity contribution in [3.8, 4) is 11.6 Å². The van der Waals surface area contributed by atoms with Gasteiger partial charge in [-0.25, -0.2) is 13.4 Å². The number of pyridine rings is 1. The monoisotopic (exact) mass is 435 g/mol. The molecule has 2 rings (SSSR count). The summed E-state index contributed by atoms with van der Waals surface area (Å²) in [6.07, 6.45) is 1.65. The normalized spacial score (nSPS) is 11.6. The van der Waals surface area contributed by atoms with Crippen LogP contribution in [-0.4, -0.2) is 49.9 Å². The molecule has 0 radical (unpaired) electrons. The minimum Gasteiger partial charge on any atom is -0.496 e. The largest absolute Gasteiger partial charge is 0.496 e. The number of amides is 1. The van der Waals surface area contributed by atoms with Crippen molar-refractivity contribution in [3.63, 3.8) is 0 Å². The van der Waals surface area contributed by atoms with E-state index in [2.05, 4.69) is 10.3 Å². The zero-order valence-corrected chi connectivity index (χ0v) is 18.8. The summed E-state index contributed by atoms with van der Waals surface area (Å²) in [7, 11) is -2.26. The lowest BCUT2D eigenvalue weighted by atomic mass is 10.2. The summed E-state index contributed by atoms with van der Waals surface area (Å²) < 4.78 is 37.7. The molecule has 0 atom stereocenters. The number of benzene rings is 1. The fourth-order valence-corrected chi connectivity index (χ4v) is 4.33. The zero-order valence-electron chi connectivity index (χ0n) is 18.0. The molecule has 0 saturated carbocycles. The third kappa shape index (κ3) is 5.70. The highest BCUT2D eigenvalue weighted by Crippen LogP contribution is 2.24. The Labute approximate surface area is 178 Å². The maximum absolute atomic E-state index is 12.8. The first kappa shape index (κ1) is 23.6. The fraction of sp³-hybridized carbons (Fsp3) is 0.429. The van der Waals surface area contributed by atoms with Crippen LogP contribution in [0.4, 0.5) is 0 Å². The molecule has 0 aliphatic carbocycles. The molecule has 0 aliphatic rings. The Morgan fingerprint density at radius 2 is 1.87 bits per heavy atom. The van der Waals surface area contributed by atoms with Gasteiger partial charge in [0, 0.05) is 31.9 Å². The number of hydrogen-bond acceptors (Lipinski definition) is 6. The van der Waals surface area contributed by atoms with Gasteiger partial charge in [0.1, 0.15) is 5.75 Å². The van der Waals surface area contributed by atoms with E-state index in [0.717, 1.165) is 5.56 Å². The van der Waals surface area contributed by atoms with E-state index in [9.17, 15) is 13.2 Å². The number of ether oxygens (including phenoxy) is 2. The quantitative estimate of drug-likeness (QED) is 0.616.